The number of hydrogen-bond acceptors (Lipinski definition) is 2. The van der Waals surface area contributed by atoms with Crippen molar-refractivity contribution in [1.29, 1.82) is 0 Å². The molecule has 2 aliphatic rings. The molecule has 2 aromatic carbocycles. The minimum absolute atomic E-state index is 0. The molecule has 3 N–H and O–H groups in total. The second-order valence-corrected chi connectivity index (χ2v) is 7.40. The Balaban J connectivity index is 0.00000210. The Labute approximate surface area is 165 Å². The van der Waals surface area contributed by atoms with Crippen molar-refractivity contribution in [3.05, 3.63) is 65.0 Å². The lowest BCUT2D eigenvalue weighted by Gasteiger charge is -2.26. The van der Waals surface area contributed by atoms with Gasteiger partial charge in [0.25, 0.3) is 0 Å². The van der Waals surface area contributed by atoms with Gasteiger partial charge in [-0.1, -0.05) is 24.3 Å². The first-order chi connectivity index (χ1) is 12.6. The molecule has 1 heterocycles. The van der Waals surface area contributed by atoms with Gasteiger partial charge in [-0.25, -0.2) is 9.18 Å². The van der Waals surface area contributed by atoms with Crippen LogP contribution in [0.25, 0.3) is 0 Å². The molecule has 0 bridgehead atoms. The number of halogens is 2. The highest BCUT2D eigenvalue weighted by Gasteiger charge is 2.26. The van der Waals surface area contributed by atoms with Crippen LogP contribution in [-0.4, -0.2) is 17.0 Å². The fourth-order valence-corrected chi connectivity index (χ4v) is 4.02. The van der Waals surface area contributed by atoms with Crippen LogP contribution in [0.4, 0.5) is 14.9 Å². The third-order valence-corrected chi connectivity index (χ3v) is 5.62. The minimum Gasteiger partial charge on any atom is -0.328 e. The highest BCUT2D eigenvalue weighted by atomic mass is 35.5. The fraction of sp³-hybridized carbons (Fsp3) is 0.381. The van der Waals surface area contributed by atoms with Crippen molar-refractivity contribution in [1.82, 2.24) is 4.90 Å². The number of carbonyl (C=O) groups is 1. The van der Waals surface area contributed by atoms with Crippen LogP contribution in [-0.2, 0) is 13.1 Å². The maximum atomic E-state index is 13.8. The van der Waals surface area contributed by atoms with E-state index in [-0.39, 0.29) is 24.3 Å². The van der Waals surface area contributed by atoms with Gasteiger partial charge in [0.1, 0.15) is 5.82 Å². The predicted octanol–water partition coefficient (Wildman–Crippen LogP) is 4.78. The lowest BCUT2D eigenvalue weighted by molar-refractivity contribution is 0.212. The number of carbonyl (C=O) groups excluding carboxylic acids is 1. The predicted molar refractivity (Wildman–Crippen MR) is 108 cm³/mol. The number of rotatable bonds is 2. The average molecular weight is 390 g/mol. The lowest BCUT2D eigenvalue weighted by Crippen LogP contribution is -2.30. The van der Waals surface area contributed by atoms with Crippen LogP contribution < -0.4 is 11.1 Å². The van der Waals surface area contributed by atoms with Gasteiger partial charge >= 0.3 is 6.03 Å². The Hall–Kier alpha value is -2.11. The van der Waals surface area contributed by atoms with E-state index in [1.54, 1.807) is 11.0 Å². The van der Waals surface area contributed by atoms with Crippen molar-refractivity contribution in [2.24, 2.45) is 5.73 Å². The Morgan fingerprint density at radius 1 is 1.04 bits per heavy atom. The smallest absolute Gasteiger partial charge is 0.322 e. The van der Waals surface area contributed by atoms with E-state index in [0.717, 1.165) is 36.9 Å². The molecule has 0 spiro atoms. The first-order valence-electron chi connectivity index (χ1n) is 9.28. The van der Waals surface area contributed by atoms with Gasteiger partial charge in [0.2, 0.25) is 0 Å². The molecule has 144 valence electrons. The number of fused-ring (bicyclic) bond motifs is 1. The van der Waals surface area contributed by atoms with E-state index in [0.29, 0.717) is 30.6 Å². The van der Waals surface area contributed by atoms with Crippen LogP contribution in [0.2, 0.25) is 0 Å². The molecule has 0 unspecified atom stereocenters. The van der Waals surface area contributed by atoms with Gasteiger partial charge in [-0.3, -0.25) is 0 Å². The quantitative estimate of drug-likeness (QED) is 0.776. The van der Waals surface area contributed by atoms with Gasteiger partial charge in [0.05, 0.1) is 6.54 Å². The summed E-state index contributed by atoms with van der Waals surface area (Å²) in [4.78, 5) is 14.1. The maximum absolute atomic E-state index is 13.8. The standard InChI is InChI=1S/C21H24FN3O.ClH/c22-20-3-1-2-16-12-25(13-19(16)20)21(26)24-18-10-6-15(7-11-18)14-4-8-17(23)9-5-14;/h1-3,6-7,10-11,14,17H,4-5,8-9,12-13,23H2,(H,24,26);1H. The molecule has 6 heteroatoms. The molecule has 4 rings (SSSR count). The van der Waals surface area contributed by atoms with Gasteiger partial charge < -0.3 is 16.0 Å². The molecule has 1 aliphatic carbocycles. The zero-order chi connectivity index (χ0) is 18.1. The molecule has 4 nitrogen and oxygen atoms in total. The van der Waals surface area contributed by atoms with E-state index < -0.39 is 0 Å². The van der Waals surface area contributed by atoms with Crippen molar-refractivity contribution in [3.63, 3.8) is 0 Å². The average Bonchev–Trinajstić information content (AvgIpc) is 3.09. The number of urea groups is 1. The molecule has 0 aromatic heterocycles. The summed E-state index contributed by atoms with van der Waals surface area (Å²) in [6.07, 6.45) is 4.42. The first kappa shape index (κ1) is 19.6. The molecule has 2 amide bonds. The number of hydrogen-bond donors (Lipinski definition) is 2. The van der Waals surface area contributed by atoms with E-state index >= 15 is 0 Å². The molecule has 0 saturated heterocycles. The third-order valence-electron chi connectivity index (χ3n) is 5.62. The Kier molecular flexibility index (Phi) is 6.02. The monoisotopic (exact) mass is 389 g/mol. The summed E-state index contributed by atoms with van der Waals surface area (Å²) >= 11 is 0. The molecule has 0 atom stereocenters. The lowest BCUT2D eigenvalue weighted by atomic mass is 9.82. The Morgan fingerprint density at radius 3 is 2.41 bits per heavy atom. The van der Waals surface area contributed by atoms with Crippen LogP contribution in [0.3, 0.4) is 0 Å². The molecule has 2 aromatic rings. The van der Waals surface area contributed by atoms with Gasteiger partial charge in [-0.15, -0.1) is 12.4 Å². The second-order valence-electron chi connectivity index (χ2n) is 7.40. The normalized spacial score (nSPS) is 21.3. The number of benzene rings is 2. The molecular formula is C21H25ClFN3O. The zero-order valence-corrected chi connectivity index (χ0v) is 16.0. The van der Waals surface area contributed by atoms with Crippen LogP contribution in [0.5, 0.6) is 0 Å². The van der Waals surface area contributed by atoms with E-state index in [9.17, 15) is 9.18 Å². The molecule has 1 fully saturated rings. The van der Waals surface area contributed by atoms with Crippen LogP contribution in [0, 0.1) is 5.82 Å². The Bertz CT molecular complexity index is 804. The summed E-state index contributed by atoms with van der Waals surface area (Å²) in [6.45, 7) is 0.758. The van der Waals surface area contributed by atoms with Crippen LogP contribution in [0.1, 0.15) is 48.3 Å². The summed E-state index contributed by atoms with van der Waals surface area (Å²) in [5.41, 5.74) is 9.56. The van der Waals surface area contributed by atoms with Crippen LogP contribution in [0.15, 0.2) is 42.5 Å². The molecule has 27 heavy (non-hydrogen) atoms. The third kappa shape index (κ3) is 4.25. The van der Waals surface area contributed by atoms with E-state index in [2.05, 4.69) is 17.4 Å². The van der Waals surface area contributed by atoms with Crippen LogP contribution >= 0.6 is 12.4 Å². The van der Waals surface area contributed by atoms with Gasteiger partial charge in [0, 0.05) is 23.8 Å². The van der Waals surface area contributed by atoms with Gasteiger partial charge in [0.15, 0.2) is 0 Å². The number of anilines is 1. The van der Waals surface area contributed by atoms with E-state index in [4.69, 9.17) is 5.73 Å². The summed E-state index contributed by atoms with van der Waals surface area (Å²) < 4.78 is 13.8. The maximum Gasteiger partial charge on any atom is 0.322 e. The highest BCUT2D eigenvalue weighted by molar-refractivity contribution is 5.89. The molecular weight excluding hydrogens is 365 g/mol. The summed E-state index contributed by atoms with van der Waals surface area (Å²) in [6, 6.07) is 13.2. The van der Waals surface area contributed by atoms with Crippen molar-refractivity contribution >= 4 is 24.1 Å². The fourth-order valence-electron chi connectivity index (χ4n) is 4.02. The summed E-state index contributed by atoms with van der Waals surface area (Å²) in [5.74, 6) is 0.324. The summed E-state index contributed by atoms with van der Waals surface area (Å²) in [5, 5.41) is 2.92. The van der Waals surface area contributed by atoms with E-state index in [1.165, 1.54) is 11.6 Å². The summed E-state index contributed by atoms with van der Waals surface area (Å²) in [7, 11) is 0. The molecule has 1 aliphatic heterocycles. The van der Waals surface area contributed by atoms with Crippen molar-refractivity contribution < 1.29 is 9.18 Å². The number of nitrogens with one attached hydrogen (secondary N) is 1. The SMILES string of the molecule is Cl.NC1CCC(c2ccc(NC(=O)N3Cc4cccc(F)c4C3)cc2)CC1. The van der Waals surface area contributed by atoms with Gasteiger partial charge in [-0.2, -0.15) is 0 Å². The Morgan fingerprint density at radius 2 is 1.74 bits per heavy atom. The highest BCUT2D eigenvalue weighted by Crippen LogP contribution is 2.33. The topological polar surface area (TPSA) is 58.4 Å². The zero-order valence-electron chi connectivity index (χ0n) is 15.2. The largest absolute Gasteiger partial charge is 0.328 e. The van der Waals surface area contributed by atoms with Gasteiger partial charge in [-0.05, 0) is 60.9 Å². The number of amides is 2. The number of nitrogens with zero attached hydrogens (tertiary/aromatic N) is 1. The van der Waals surface area contributed by atoms with Crippen molar-refractivity contribution in [2.75, 3.05) is 5.32 Å². The van der Waals surface area contributed by atoms with E-state index in [1.807, 2.05) is 18.2 Å². The first-order valence-corrected chi connectivity index (χ1v) is 9.28. The molecule has 0 radical (unpaired) electrons. The van der Waals surface area contributed by atoms with Crippen molar-refractivity contribution in [3.8, 4) is 0 Å². The second kappa shape index (κ2) is 8.28. The molecule has 1 saturated carbocycles. The van der Waals surface area contributed by atoms with Crippen molar-refractivity contribution in [2.45, 2.75) is 50.7 Å². The minimum atomic E-state index is -0.241. The number of nitrogens with two attached hydrogens (primary N) is 1.